The number of aliphatic hydroxyl groups excluding tert-OH is 8. The molecule has 9 N–H and O–H groups in total. The van der Waals surface area contributed by atoms with E-state index in [2.05, 4.69) is 6.92 Å². The van der Waals surface area contributed by atoms with Gasteiger partial charge >= 0.3 is 0 Å². The van der Waals surface area contributed by atoms with Crippen molar-refractivity contribution >= 4 is 0 Å². The Morgan fingerprint density at radius 3 is 1.85 bits per heavy atom. The quantitative estimate of drug-likeness (QED) is 0.109. The predicted molar refractivity (Wildman–Crippen MR) is 235 cm³/mol. The molecule has 4 heterocycles. The van der Waals surface area contributed by atoms with E-state index in [1.165, 1.54) is 7.11 Å². The fourth-order valence-electron chi connectivity index (χ4n) is 14.6. The van der Waals surface area contributed by atoms with Gasteiger partial charge in [0.25, 0.3) is 0 Å². The van der Waals surface area contributed by atoms with Crippen LogP contribution in [0.2, 0.25) is 0 Å². The van der Waals surface area contributed by atoms with Crippen LogP contribution >= 0.6 is 0 Å². The number of hydrogen-bond donors (Lipinski definition) is 9. The molecule has 0 spiro atoms. The van der Waals surface area contributed by atoms with Crippen LogP contribution in [-0.4, -0.2) is 215 Å². The van der Waals surface area contributed by atoms with E-state index in [9.17, 15) is 46.0 Å². The van der Waals surface area contributed by atoms with Crippen molar-refractivity contribution in [3.8, 4) is 0 Å². The van der Waals surface area contributed by atoms with E-state index in [0.717, 1.165) is 12.8 Å². The zero-order valence-corrected chi connectivity index (χ0v) is 41.1. The van der Waals surface area contributed by atoms with E-state index in [-0.39, 0.29) is 30.0 Å². The van der Waals surface area contributed by atoms with Crippen LogP contribution in [-0.2, 0) is 52.1 Å². The molecule has 29 atom stereocenters. The smallest absolute Gasteiger partial charge is 0.187 e. The molecule has 0 radical (unpaired) electrons. The fraction of sp³-hybridized carbons (Fsp3) is 1.00. The molecule has 4 aliphatic heterocycles. The summed E-state index contributed by atoms with van der Waals surface area (Å²) in [5, 5.41) is 99.8. The van der Waals surface area contributed by atoms with Crippen molar-refractivity contribution in [3.63, 3.8) is 0 Å². The number of fused-ring (bicyclic) bond motifs is 5. The van der Waals surface area contributed by atoms with Crippen LogP contribution in [0.25, 0.3) is 0 Å². The first-order valence-electron chi connectivity index (χ1n) is 25.1. The van der Waals surface area contributed by atoms with Gasteiger partial charge in [0.05, 0.1) is 67.1 Å². The summed E-state index contributed by atoms with van der Waals surface area (Å²) >= 11 is 0. The zero-order chi connectivity index (χ0) is 49.4. The van der Waals surface area contributed by atoms with Crippen molar-refractivity contribution in [1.29, 1.82) is 0 Å². The van der Waals surface area contributed by atoms with Gasteiger partial charge in [0.1, 0.15) is 54.9 Å². The summed E-state index contributed by atoms with van der Waals surface area (Å²) < 4.78 is 67.2. The zero-order valence-electron chi connectivity index (χ0n) is 41.1. The number of rotatable bonds is 13. The third kappa shape index (κ3) is 9.17. The lowest BCUT2D eigenvalue weighted by atomic mass is 9.41. The Morgan fingerprint density at radius 2 is 1.24 bits per heavy atom. The van der Waals surface area contributed by atoms with Crippen LogP contribution in [0.5, 0.6) is 0 Å². The lowest BCUT2D eigenvalue weighted by Crippen LogP contribution is -2.72. The van der Waals surface area contributed by atoms with Crippen LogP contribution in [0.15, 0.2) is 0 Å². The first-order chi connectivity index (χ1) is 32.2. The first-order valence-corrected chi connectivity index (χ1v) is 25.1. The minimum Gasteiger partial charge on any atom is -0.394 e. The Bertz CT molecular complexity index is 1670. The van der Waals surface area contributed by atoms with Crippen LogP contribution in [0.1, 0.15) is 99.3 Å². The minimum absolute atomic E-state index is 0.133. The summed E-state index contributed by atoms with van der Waals surface area (Å²) in [5.74, 6) is -0.995. The Labute approximate surface area is 399 Å². The van der Waals surface area contributed by atoms with Gasteiger partial charge in [-0.3, -0.25) is 0 Å². The second-order valence-corrected chi connectivity index (χ2v) is 21.9. The van der Waals surface area contributed by atoms with Crippen molar-refractivity contribution < 1.29 is 98.1 Å². The Hall–Kier alpha value is -0.800. The maximum Gasteiger partial charge on any atom is 0.187 e. The second kappa shape index (κ2) is 20.8. The average molecular weight is 979 g/mol. The number of hydrogen-bond acceptors (Lipinski definition) is 20. The van der Waals surface area contributed by atoms with Gasteiger partial charge in [0, 0.05) is 39.6 Å². The summed E-state index contributed by atoms with van der Waals surface area (Å²) in [6.45, 7) is 10.6. The molecule has 0 unspecified atom stereocenters. The van der Waals surface area contributed by atoms with E-state index in [0.29, 0.717) is 44.9 Å². The van der Waals surface area contributed by atoms with Gasteiger partial charge in [-0.1, -0.05) is 13.8 Å². The highest BCUT2D eigenvalue weighted by Crippen LogP contribution is 2.69. The van der Waals surface area contributed by atoms with Gasteiger partial charge in [-0.25, -0.2) is 0 Å². The van der Waals surface area contributed by atoms with Crippen molar-refractivity contribution in [2.45, 2.75) is 240 Å². The fourth-order valence-corrected chi connectivity index (χ4v) is 14.6. The van der Waals surface area contributed by atoms with Crippen molar-refractivity contribution in [3.05, 3.63) is 0 Å². The van der Waals surface area contributed by atoms with Gasteiger partial charge in [0.15, 0.2) is 25.2 Å². The molecule has 8 aliphatic rings. The van der Waals surface area contributed by atoms with Crippen molar-refractivity contribution in [1.82, 2.24) is 0 Å². The molecular weight excluding hydrogens is 897 g/mol. The highest BCUT2D eigenvalue weighted by molar-refractivity contribution is 5.22. The molecule has 4 saturated heterocycles. The number of methoxy groups -OCH3 is 3. The summed E-state index contributed by atoms with van der Waals surface area (Å²) in [5.41, 5.74) is -2.91. The van der Waals surface area contributed by atoms with E-state index >= 15 is 0 Å². The van der Waals surface area contributed by atoms with Crippen molar-refractivity contribution in [2.24, 2.45) is 34.5 Å². The third-order valence-corrected chi connectivity index (χ3v) is 18.6. The molecule has 0 aromatic heterocycles. The van der Waals surface area contributed by atoms with Crippen LogP contribution in [0.4, 0.5) is 0 Å². The number of ether oxygens (including phenoxy) is 11. The highest BCUT2D eigenvalue weighted by Gasteiger charge is 2.74. The summed E-state index contributed by atoms with van der Waals surface area (Å²) in [6.07, 6.45) is -14.4. The molecule has 8 rings (SSSR count). The second-order valence-electron chi connectivity index (χ2n) is 21.9. The molecular formula is C48H82O20. The van der Waals surface area contributed by atoms with Gasteiger partial charge in [0.2, 0.25) is 0 Å². The molecule has 4 saturated carbocycles. The van der Waals surface area contributed by atoms with Crippen LogP contribution in [0.3, 0.4) is 0 Å². The number of aliphatic hydroxyl groups is 9. The lowest BCUT2D eigenvalue weighted by molar-refractivity contribution is -0.352. The summed E-state index contributed by atoms with van der Waals surface area (Å²) in [4.78, 5) is 0. The van der Waals surface area contributed by atoms with Crippen LogP contribution < -0.4 is 0 Å². The molecule has 4 aliphatic carbocycles. The molecule has 20 heteroatoms. The van der Waals surface area contributed by atoms with Gasteiger partial charge in [-0.2, -0.15) is 0 Å². The Morgan fingerprint density at radius 1 is 0.603 bits per heavy atom. The average Bonchev–Trinajstić information content (AvgIpc) is 3.60. The maximum absolute atomic E-state index is 12.9. The largest absolute Gasteiger partial charge is 0.394 e. The predicted octanol–water partition coefficient (Wildman–Crippen LogP) is -0.156. The lowest BCUT2D eigenvalue weighted by Gasteiger charge is -2.66. The SMILES string of the molecule is CO[C@H]1[C@@H](O)[C@H](O[C@@H]2[C@@H](C)O[C@@H](O[C@H]3[C@@H](OC)C[C@H](O[C@H]4CC[C@@]5(C)[C@@H](CC[C@@H]6[C@@H]5[C@H](O)[C@@H](O)[C@]5(C)[C@@H]([C@@H](C)O[C@@H]7O[C@H](CO)[C@@H](O)[C@H](O)[C@H]7O)CC[C@]65O)C4)O[C@@H]3C)C[C@H]2OC)O[C@H](C)[C@H]1O. The molecule has 0 aromatic carbocycles. The van der Waals surface area contributed by atoms with E-state index < -0.39 is 152 Å². The van der Waals surface area contributed by atoms with E-state index in [1.54, 1.807) is 28.1 Å². The van der Waals surface area contributed by atoms with Crippen LogP contribution in [0, 0.1) is 34.5 Å². The molecule has 20 nitrogen and oxygen atoms in total. The standard InChI is InChI=1S/C48H82O20/c1-20(63-44-38(54)37(53)35(51)30(19-49)66-44)26-13-15-48(57)27-11-10-24-16-25(12-14-46(24,5)33(27)36(52)43(56)47(26,48)6)65-31-17-28(58-7)40(22(3)61-31)67-32-18-29(59-8)41(23(4)62-32)68-45-39(55)42(60-9)34(50)21(2)64-45/h20-45,49-57H,10-19H2,1-9H3/t20-,21-,22-,23-,24+,25+,26-,27-,28+,29-,30-,31+,32+,33-,34-,35-,36+,37+,38-,39-,40-,41-,42-,43-,44-,45+,46+,47+,48+/m1/s1. The van der Waals surface area contributed by atoms with Gasteiger partial charge in [-0.15, -0.1) is 0 Å². The summed E-state index contributed by atoms with van der Waals surface area (Å²) in [6, 6.07) is 0. The maximum atomic E-state index is 12.9. The molecule has 0 amide bonds. The van der Waals surface area contributed by atoms with Gasteiger partial charge < -0.3 is 98.1 Å². The van der Waals surface area contributed by atoms with Crippen molar-refractivity contribution in [2.75, 3.05) is 27.9 Å². The molecule has 8 fully saturated rings. The topological polar surface area (TPSA) is 284 Å². The van der Waals surface area contributed by atoms with Gasteiger partial charge in [-0.05, 0) is 102 Å². The molecule has 68 heavy (non-hydrogen) atoms. The van der Waals surface area contributed by atoms with E-state index in [1.807, 2.05) is 20.8 Å². The normalized spacial score (nSPS) is 55.8. The Balaban J connectivity index is 0.865. The first kappa shape index (κ1) is 53.5. The molecule has 0 bridgehead atoms. The van der Waals surface area contributed by atoms with E-state index in [4.69, 9.17) is 52.1 Å². The highest BCUT2D eigenvalue weighted by atomic mass is 16.8. The monoisotopic (exact) mass is 979 g/mol. The summed E-state index contributed by atoms with van der Waals surface area (Å²) in [7, 11) is 4.63. The molecule has 0 aromatic rings. The Kier molecular flexibility index (Phi) is 16.4. The molecule has 394 valence electrons. The minimum atomic E-state index is -1.61. The third-order valence-electron chi connectivity index (χ3n) is 18.6.